The molecular formula is C33H49N7O4. The summed E-state index contributed by atoms with van der Waals surface area (Å²) < 4.78 is 11.9. The predicted molar refractivity (Wildman–Crippen MR) is 173 cm³/mol. The smallest absolute Gasteiger partial charge is 0.317 e. The molecule has 240 valence electrons. The molecule has 0 atom stereocenters. The third kappa shape index (κ3) is 10.6. The van der Waals surface area contributed by atoms with E-state index < -0.39 is 0 Å². The summed E-state index contributed by atoms with van der Waals surface area (Å²) in [7, 11) is 0. The van der Waals surface area contributed by atoms with E-state index in [2.05, 4.69) is 20.5 Å². The third-order valence-electron chi connectivity index (χ3n) is 8.12. The number of nitrogens with zero attached hydrogens (tertiary/aromatic N) is 3. The molecule has 1 saturated carbocycles. The zero-order chi connectivity index (χ0) is 31.2. The first-order valence-corrected chi connectivity index (χ1v) is 15.9. The molecule has 44 heavy (non-hydrogen) atoms. The maximum atomic E-state index is 13.1. The van der Waals surface area contributed by atoms with Crippen molar-refractivity contribution in [1.82, 2.24) is 20.4 Å². The molecule has 3 amide bonds. The molecular weight excluding hydrogens is 558 g/mol. The number of aliphatic imine (C=N–C) groups is 1. The van der Waals surface area contributed by atoms with Crippen LogP contribution in [-0.4, -0.2) is 86.7 Å². The fraction of sp³-hybridized carbons (Fsp3) is 0.545. The van der Waals surface area contributed by atoms with Crippen LogP contribution >= 0.6 is 0 Å². The molecule has 2 aromatic rings. The van der Waals surface area contributed by atoms with Crippen molar-refractivity contribution in [3.63, 3.8) is 0 Å². The quantitative estimate of drug-likeness (QED) is 0.115. The minimum absolute atomic E-state index is 0.0610. The van der Waals surface area contributed by atoms with Crippen molar-refractivity contribution >= 4 is 17.9 Å². The summed E-state index contributed by atoms with van der Waals surface area (Å²) in [6.07, 6.45) is 6.21. The summed E-state index contributed by atoms with van der Waals surface area (Å²) in [5.74, 6) is 1.28. The second kappa shape index (κ2) is 16.7. The van der Waals surface area contributed by atoms with Gasteiger partial charge in [0.05, 0.1) is 25.3 Å². The Morgan fingerprint density at radius 1 is 0.955 bits per heavy atom. The summed E-state index contributed by atoms with van der Waals surface area (Å²) in [4.78, 5) is 34.1. The Morgan fingerprint density at radius 2 is 1.64 bits per heavy atom. The summed E-state index contributed by atoms with van der Waals surface area (Å²) in [6, 6.07) is 14.9. The van der Waals surface area contributed by atoms with Gasteiger partial charge in [-0.25, -0.2) is 9.79 Å². The van der Waals surface area contributed by atoms with Crippen molar-refractivity contribution in [3.05, 3.63) is 59.7 Å². The van der Waals surface area contributed by atoms with Crippen LogP contribution in [0.25, 0.3) is 0 Å². The maximum absolute atomic E-state index is 13.1. The molecule has 0 bridgehead atoms. The highest BCUT2D eigenvalue weighted by atomic mass is 16.5. The summed E-state index contributed by atoms with van der Waals surface area (Å²) in [5, 5.41) is 6.06. The van der Waals surface area contributed by atoms with Crippen molar-refractivity contribution < 1.29 is 19.1 Å². The van der Waals surface area contributed by atoms with E-state index in [9.17, 15) is 9.59 Å². The Morgan fingerprint density at radius 3 is 2.30 bits per heavy atom. The van der Waals surface area contributed by atoms with Crippen molar-refractivity contribution in [2.45, 2.75) is 52.0 Å². The van der Waals surface area contributed by atoms with Crippen LogP contribution in [0, 0.1) is 5.41 Å². The highest BCUT2D eigenvalue weighted by molar-refractivity contribution is 5.96. The van der Waals surface area contributed by atoms with Crippen LogP contribution < -0.4 is 31.6 Å². The van der Waals surface area contributed by atoms with Crippen LogP contribution in [0.1, 0.15) is 61.4 Å². The van der Waals surface area contributed by atoms with E-state index in [0.717, 1.165) is 17.9 Å². The molecule has 6 N–H and O–H groups in total. The standard InChI is InChI=1S/C33H49N7O4/c1-2-36-32(42)40(19-7-21-43-27-13-11-26(12-14-27)23-37-31(34)35)20-8-22-44-29-10-4-3-9-28(29)30(41)38-24-33(15-16-33)25-39-17-5-6-18-39/h3-4,9-14H,2,5-8,15-25H2,1H3,(H,36,42)(H,38,41)(H4,34,35,37). The van der Waals surface area contributed by atoms with E-state index in [1.54, 1.807) is 4.90 Å². The first kappa shape index (κ1) is 32.9. The molecule has 1 heterocycles. The Balaban J connectivity index is 1.19. The number of hydrogen-bond acceptors (Lipinski definition) is 6. The SMILES string of the molecule is CCNC(=O)N(CCCOc1ccc(CN=C(N)N)cc1)CCCOc1ccccc1C(=O)NCC1(CN2CCCC2)CC1. The second-order valence-electron chi connectivity index (χ2n) is 11.8. The van der Waals surface area contributed by atoms with Gasteiger partial charge in [-0.1, -0.05) is 24.3 Å². The van der Waals surface area contributed by atoms with Crippen molar-refractivity contribution in [2.75, 3.05) is 59.0 Å². The van der Waals surface area contributed by atoms with Gasteiger partial charge in [-0.2, -0.15) is 0 Å². The largest absolute Gasteiger partial charge is 0.494 e. The predicted octanol–water partition coefficient (Wildman–Crippen LogP) is 3.34. The average Bonchev–Trinajstić information content (AvgIpc) is 3.60. The highest BCUT2D eigenvalue weighted by Gasteiger charge is 2.44. The number of guanidine groups is 1. The van der Waals surface area contributed by atoms with Crippen molar-refractivity contribution in [2.24, 2.45) is 21.9 Å². The number of likely N-dealkylation sites (tertiary alicyclic amines) is 1. The molecule has 0 aromatic heterocycles. The Bertz CT molecular complexity index is 1220. The van der Waals surface area contributed by atoms with Crippen LogP contribution in [0.3, 0.4) is 0 Å². The molecule has 11 nitrogen and oxygen atoms in total. The van der Waals surface area contributed by atoms with Crippen LogP contribution in [0.5, 0.6) is 11.5 Å². The van der Waals surface area contributed by atoms with Gasteiger partial charge in [-0.15, -0.1) is 0 Å². The Hall–Kier alpha value is -3.99. The lowest BCUT2D eigenvalue weighted by Gasteiger charge is -2.24. The highest BCUT2D eigenvalue weighted by Crippen LogP contribution is 2.46. The van der Waals surface area contributed by atoms with E-state index in [4.69, 9.17) is 20.9 Å². The number of carbonyl (C=O) groups excluding carboxylic acids is 2. The molecule has 2 aliphatic rings. The lowest BCUT2D eigenvalue weighted by molar-refractivity contribution is 0.0936. The number of carbonyl (C=O) groups is 2. The topological polar surface area (TPSA) is 148 Å². The van der Waals surface area contributed by atoms with Gasteiger partial charge in [0.2, 0.25) is 0 Å². The zero-order valence-electron chi connectivity index (χ0n) is 26.1. The molecule has 1 saturated heterocycles. The fourth-order valence-corrected chi connectivity index (χ4v) is 5.46. The Kier molecular flexibility index (Phi) is 12.5. The van der Waals surface area contributed by atoms with Gasteiger partial charge in [0, 0.05) is 38.1 Å². The number of nitrogens with two attached hydrogens (primary N) is 2. The first-order chi connectivity index (χ1) is 21.4. The number of para-hydroxylation sites is 1. The number of amides is 3. The second-order valence-corrected chi connectivity index (χ2v) is 11.8. The summed E-state index contributed by atoms with van der Waals surface area (Å²) >= 11 is 0. The molecule has 2 fully saturated rings. The molecule has 0 radical (unpaired) electrons. The van der Waals surface area contributed by atoms with E-state index in [0.29, 0.717) is 70.1 Å². The summed E-state index contributed by atoms with van der Waals surface area (Å²) in [6.45, 7) is 8.95. The molecule has 1 aliphatic heterocycles. The van der Waals surface area contributed by atoms with Crippen molar-refractivity contribution in [1.29, 1.82) is 0 Å². The van der Waals surface area contributed by atoms with Gasteiger partial charge >= 0.3 is 6.03 Å². The fourth-order valence-electron chi connectivity index (χ4n) is 5.46. The number of nitrogens with one attached hydrogen (secondary N) is 2. The van der Waals surface area contributed by atoms with E-state index >= 15 is 0 Å². The number of rotatable bonds is 18. The van der Waals surface area contributed by atoms with Gasteiger partial charge in [0.1, 0.15) is 11.5 Å². The van der Waals surface area contributed by atoms with Gasteiger partial charge in [-0.3, -0.25) is 4.79 Å². The Labute approximate surface area is 261 Å². The van der Waals surface area contributed by atoms with E-state index in [-0.39, 0.29) is 23.3 Å². The molecule has 0 spiro atoms. The van der Waals surface area contributed by atoms with Crippen LogP contribution in [0.2, 0.25) is 0 Å². The minimum atomic E-state index is -0.112. The number of benzene rings is 2. The van der Waals surface area contributed by atoms with Crippen molar-refractivity contribution in [3.8, 4) is 11.5 Å². The first-order valence-electron chi connectivity index (χ1n) is 15.9. The molecule has 11 heteroatoms. The van der Waals surface area contributed by atoms with Gasteiger partial charge in [-0.05, 0) is 88.4 Å². The normalized spacial score (nSPS) is 15.3. The van der Waals surface area contributed by atoms with Gasteiger partial charge in [0.25, 0.3) is 5.91 Å². The minimum Gasteiger partial charge on any atom is -0.494 e. The zero-order valence-corrected chi connectivity index (χ0v) is 26.1. The number of ether oxygens (including phenoxy) is 2. The molecule has 4 rings (SSSR count). The van der Waals surface area contributed by atoms with E-state index in [1.165, 1.54) is 38.8 Å². The third-order valence-corrected chi connectivity index (χ3v) is 8.12. The van der Waals surface area contributed by atoms with Crippen LogP contribution in [-0.2, 0) is 6.54 Å². The van der Waals surface area contributed by atoms with Crippen LogP contribution in [0.4, 0.5) is 4.79 Å². The lowest BCUT2D eigenvalue weighted by atomic mass is 10.1. The number of urea groups is 1. The lowest BCUT2D eigenvalue weighted by Crippen LogP contribution is -2.41. The van der Waals surface area contributed by atoms with Gasteiger partial charge < -0.3 is 41.4 Å². The molecule has 2 aromatic carbocycles. The molecule has 0 unspecified atom stereocenters. The van der Waals surface area contributed by atoms with Gasteiger partial charge in [0.15, 0.2) is 5.96 Å². The summed E-state index contributed by atoms with van der Waals surface area (Å²) in [5.41, 5.74) is 12.5. The number of hydrogen-bond donors (Lipinski definition) is 4. The average molecular weight is 608 g/mol. The molecule has 1 aliphatic carbocycles. The van der Waals surface area contributed by atoms with Crippen LogP contribution in [0.15, 0.2) is 53.5 Å². The maximum Gasteiger partial charge on any atom is 0.317 e. The van der Waals surface area contributed by atoms with E-state index in [1.807, 2.05) is 55.5 Å². The monoisotopic (exact) mass is 607 g/mol.